The number of hydrogen-bond donors (Lipinski definition) is 4. The van der Waals surface area contributed by atoms with Gasteiger partial charge in [-0.1, -0.05) is 102 Å². The number of aromatic nitrogens is 4. The lowest BCUT2D eigenvalue weighted by Gasteiger charge is -2.30. The van der Waals surface area contributed by atoms with Crippen LogP contribution in [0.4, 0.5) is 9.59 Å². The van der Waals surface area contributed by atoms with Crippen LogP contribution in [0.5, 0.6) is 0 Å². The lowest BCUT2D eigenvalue weighted by Crippen LogP contribution is -2.51. The van der Waals surface area contributed by atoms with Crippen LogP contribution in [0, 0.1) is 23.7 Å². The van der Waals surface area contributed by atoms with Gasteiger partial charge in [-0.3, -0.25) is 9.59 Å². The highest BCUT2D eigenvalue weighted by molar-refractivity contribution is 5.87. The van der Waals surface area contributed by atoms with Gasteiger partial charge in [-0.15, -0.1) is 0 Å². The topological polar surface area (TPSA) is 175 Å². The fourth-order valence-electron chi connectivity index (χ4n) is 7.39. The van der Waals surface area contributed by atoms with Crippen molar-refractivity contribution in [3.8, 4) is 22.5 Å². The van der Waals surface area contributed by atoms with Crippen LogP contribution in [0.1, 0.15) is 78.1 Å². The largest absolute Gasteiger partial charge is 0.453 e. The molecule has 0 radical (unpaired) electrons. The Bertz CT molecular complexity index is 1770. The number of imidazole rings is 2. The third kappa shape index (κ3) is 9.95. The molecule has 2 aromatic carbocycles. The Morgan fingerprint density at radius 2 is 1.00 bits per heavy atom. The summed E-state index contributed by atoms with van der Waals surface area (Å²) in [6.45, 7) is 13.2. The summed E-state index contributed by atoms with van der Waals surface area (Å²) in [4.78, 5) is 69.5. The van der Waals surface area contributed by atoms with Gasteiger partial charge in [0, 0.05) is 13.1 Å². The lowest BCUT2D eigenvalue weighted by molar-refractivity contribution is -0.136. The van der Waals surface area contributed by atoms with Crippen LogP contribution in [-0.4, -0.2) is 93.1 Å². The number of carbonyl (C=O) groups excluding carboxylic acids is 4. The van der Waals surface area contributed by atoms with E-state index in [0.717, 1.165) is 47.0 Å². The van der Waals surface area contributed by atoms with Crippen molar-refractivity contribution in [2.24, 2.45) is 23.7 Å². The fourth-order valence-corrected chi connectivity index (χ4v) is 7.39. The highest BCUT2D eigenvalue weighted by Crippen LogP contribution is 2.37. The number of rotatable bonds is 10. The predicted octanol–water partition coefficient (Wildman–Crippen LogP) is 6.73. The van der Waals surface area contributed by atoms with E-state index in [-0.39, 0.29) is 35.7 Å². The van der Waals surface area contributed by atoms with Crippen molar-refractivity contribution in [2.45, 2.75) is 78.6 Å². The van der Waals surface area contributed by atoms with Crippen LogP contribution < -0.4 is 10.6 Å². The van der Waals surface area contributed by atoms with Crippen LogP contribution in [0.25, 0.3) is 22.5 Å². The second-order valence-corrected chi connectivity index (χ2v) is 15.5. The summed E-state index contributed by atoms with van der Waals surface area (Å²) in [7, 11) is 2.60. The molecule has 4 N–H and O–H groups in total. The van der Waals surface area contributed by atoms with E-state index < -0.39 is 24.3 Å². The normalized spacial score (nSPS) is 20.2. The van der Waals surface area contributed by atoms with Crippen LogP contribution in [-0.2, 0) is 19.1 Å². The minimum Gasteiger partial charge on any atom is -0.453 e. The first-order valence-electron chi connectivity index (χ1n) is 19.3. The smallest absolute Gasteiger partial charge is 0.407 e. The van der Waals surface area contributed by atoms with E-state index in [4.69, 9.17) is 0 Å². The number of ether oxygens (including phenoxy) is 2. The second-order valence-electron chi connectivity index (χ2n) is 15.5. The molecular formula is C42H56N8O6. The molecule has 2 fully saturated rings. The first-order valence-corrected chi connectivity index (χ1v) is 19.3. The zero-order valence-electron chi connectivity index (χ0n) is 33.6. The molecule has 6 atom stereocenters. The second kappa shape index (κ2) is 18.8. The standard InChI is InChI=1S/2C21H28N4O3/c2*1-13(2)18(24-21(27)28-4)20(26)25-12-14(3)10-17(25)19-22-11-16(23-19)15-8-6-5-7-9-15/h2*5-9,11,13-14,17-18H,10,12H2,1-4H3,(H,22,23)(H,24,27)/t2*14-,17-,18-/m00/s1. The summed E-state index contributed by atoms with van der Waals surface area (Å²) in [5, 5.41) is 5.36. The Kier molecular flexibility index (Phi) is 13.9. The number of hydrogen-bond acceptors (Lipinski definition) is 8. The molecule has 0 spiro atoms. The van der Waals surface area contributed by atoms with Crippen molar-refractivity contribution in [1.82, 2.24) is 40.4 Å². The number of likely N-dealkylation sites (tertiary alicyclic amines) is 2. The van der Waals surface area contributed by atoms with Crippen molar-refractivity contribution >= 4 is 24.0 Å². The number of methoxy groups -OCH3 is 2. The molecule has 4 heterocycles. The molecule has 2 saturated heterocycles. The van der Waals surface area contributed by atoms with Gasteiger partial charge in [0.25, 0.3) is 0 Å². The highest BCUT2D eigenvalue weighted by atomic mass is 16.5. The van der Waals surface area contributed by atoms with Gasteiger partial charge in [-0.05, 0) is 47.6 Å². The summed E-state index contributed by atoms with van der Waals surface area (Å²) in [6, 6.07) is 18.4. The van der Waals surface area contributed by atoms with Gasteiger partial charge in [-0.2, -0.15) is 0 Å². The Morgan fingerprint density at radius 1 is 0.643 bits per heavy atom. The van der Waals surface area contributed by atoms with E-state index in [1.54, 1.807) is 0 Å². The van der Waals surface area contributed by atoms with Crippen molar-refractivity contribution in [1.29, 1.82) is 0 Å². The Balaban J connectivity index is 0.000000214. The zero-order valence-corrected chi connectivity index (χ0v) is 33.6. The summed E-state index contributed by atoms with van der Waals surface area (Å²) in [6.07, 6.45) is 4.08. The third-order valence-corrected chi connectivity index (χ3v) is 10.4. The summed E-state index contributed by atoms with van der Waals surface area (Å²) in [5.41, 5.74) is 3.96. The molecule has 0 saturated carbocycles. The molecule has 0 bridgehead atoms. The highest BCUT2D eigenvalue weighted by Gasteiger charge is 2.41. The minimum atomic E-state index is -0.635. The maximum absolute atomic E-state index is 13.3. The number of benzene rings is 2. The monoisotopic (exact) mass is 768 g/mol. The number of carbonyl (C=O) groups is 4. The van der Waals surface area contributed by atoms with E-state index >= 15 is 0 Å². The van der Waals surface area contributed by atoms with Gasteiger partial charge in [-0.25, -0.2) is 19.6 Å². The number of nitrogens with zero attached hydrogens (tertiary/aromatic N) is 4. The average Bonchev–Trinajstić information content (AvgIpc) is 4.02. The number of alkyl carbamates (subject to hydrolysis) is 2. The molecule has 6 rings (SSSR count). The Morgan fingerprint density at radius 3 is 1.32 bits per heavy atom. The first-order chi connectivity index (χ1) is 26.8. The zero-order chi connectivity index (χ0) is 40.5. The van der Waals surface area contributed by atoms with Gasteiger partial charge in [0.15, 0.2) is 0 Å². The van der Waals surface area contributed by atoms with E-state index in [1.165, 1.54) is 14.2 Å². The quantitative estimate of drug-likeness (QED) is 0.137. The predicted molar refractivity (Wildman–Crippen MR) is 213 cm³/mol. The third-order valence-electron chi connectivity index (χ3n) is 10.4. The van der Waals surface area contributed by atoms with E-state index in [2.05, 4.69) is 53.9 Å². The van der Waals surface area contributed by atoms with E-state index in [9.17, 15) is 19.2 Å². The molecule has 56 heavy (non-hydrogen) atoms. The molecular weight excluding hydrogens is 713 g/mol. The molecule has 0 aliphatic carbocycles. The maximum atomic E-state index is 13.3. The fraction of sp³-hybridized carbons (Fsp3) is 0.476. The molecule has 2 aliphatic heterocycles. The molecule has 0 unspecified atom stereocenters. The van der Waals surface area contributed by atoms with E-state index in [0.29, 0.717) is 24.9 Å². The lowest BCUT2D eigenvalue weighted by atomic mass is 10.0. The van der Waals surface area contributed by atoms with Crippen molar-refractivity contribution in [2.75, 3.05) is 27.3 Å². The molecule has 2 aliphatic rings. The van der Waals surface area contributed by atoms with Crippen LogP contribution in [0.15, 0.2) is 73.1 Å². The summed E-state index contributed by atoms with van der Waals surface area (Å²) >= 11 is 0. The van der Waals surface area contributed by atoms with Gasteiger partial charge in [0.05, 0.1) is 50.1 Å². The summed E-state index contributed by atoms with van der Waals surface area (Å²) < 4.78 is 9.38. The molecule has 14 heteroatoms. The molecule has 300 valence electrons. The number of aromatic amines is 2. The number of H-pyrrole nitrogens is 2. The Labute approximate surface area is 329 Å². The number of amides is 4. The molecule has 4 aromatic rings. The van der Waals surface area contributed by atoms with Gasteiger partial charge in [0.2, 0.25) is 11.8 Å². The van der Waals surface area contributed by atoms with Gasteiger partial charge >= 0.3 is 12.2 Å². The van der Waals surface area contributed by atoms with Crippen molar-refractivity contribution in [3.05, 3.63) is 84.7 Å². The number of nitrogens with one attached hydrogen (secondary N) is 4. The average molecular weight is 769 g/mol. The maximum Gasteiger partial charge on any atom is 0.407 e. The SMILES string of the molecule is COC(=O)N[C@H](C(=O)N1C[C@@H](C)C[C@H]1c1ncc(-c2ccccc2)[nH]1)C(C)C.COC(=O)N[C@H](C(=O)N1C[C@@H](C)C[C@H]1c1ncc(-c2ccccc2)[nH]1)C(C)C. The van der Waals surface area contributed by atoms with E-state index in [1.807, 2.05) is 111 Å². The van der Waals surface area contributed by atoms with Crippen LogP contribution >= 0.6 is 0 Å². The Hall–Kier alpha value is -5.66. The molecule has 14 nitrogen and oxygen atoms in total. The minimum absolute atomic E-state index is 0.0559. The first kappa shape index (κ1) is 41.5. The summed E-state index contributed by atoms with van der Waals surface area (Å²) in [5.74, 6) is 1.93. The van der Waals surface area contributed by atoms with Crippen LogP contribution in [0.2, 0.25) is 0 Å². The molecule has 2 aromatic heterocycles. The van der Waals surface area contributed by atoms with Crippen molar-refractivity contribution in [3.63, 3.8) is 0 Å². The van der Waals surface area contributed by atoms with Gasteiger partial charge in [0.1, 0.15) is 23.7 Å². The van der Waals surface area contributed by atoms with Crippen molar-refractivity contribution < 1.29 is 28.7 Å². The van der Waals surface area contributed by atoms with Crippen LogP contribution in [0.3, 0.4) is 0 Å². The van der Waals surface area contributed by atoms with Gasteiger partial charge < -0.3 is 39.9 Å². The molecule has 4 amide bonds.